The van der Waals surface area contributed by atoms with E-state index in [1.54, 1.807) is 0 Å². The normalized spacial score (nSPS) is 47.5. The van der Waals surface area contributed by atoms with E-state index in [4.69, 9.17) is 11.6 Å². The van der Waals surface area contributed by atoms with Crippen molar-refractivity contribution in [2.45, 2.75) is 81.5 Å². The van der Waals surface area contributed by atoms with Gasteiger partial charge in [0.15, 0.2) is 0 Å². The molecule has 5 aliphatic carbocycles. The average Bonchev–Trinajstić information content (AvgIpc) is 2.37. The van der Waals surface area contributed by atoms with Crippen LogP contribution in [0.2, 0.25) is 0 Å². The lowest BCUT2D eigenvalue weighted by atomic mass is 9.49. The van der Waals surface area contributed by atoms with Crippen molar-refractivity contribution < 1.29 is 4.79 Å². The van der Waals surface area contributed by atoms with Crippen molar-refractivity contribution in [3.63, 3.8) is 0 Å². The average molecular weight is 296 g/mol. The van der Waals surface area contributed by atoms with E-state index in [0.717, 1.165) is 32.1 Å². The Kier molecular flexibility index (Phi) is 3.11. The topological polar surface area (TPSA) is 29.1 Å². The van der Waals surface area contributed by atoms with Gasteiger partial charge in [0.25, 0.3) is 0 Å². The predicted octanol–water partition coefficient (Wildman–Crippen LogP) is 4.01. The molecule has 0 spiro atoms. The molecule has 0 aromatic rings. The summed E-state index contributed by atoms with van der Waals surface area (Å²) in [5, 5.41) is 3.40. The second-order valence-corrected chi connectivity index (χ2v) is 9.00. The first kappa shape index (κ1) is 13.4. The first-order chi connectivity index (χ1) is 9.57. The van der Waals surface area contributed by atoms with Crippen LogP contribution in [0.1, 0.15) is 70.6 Å². The lowest BCUT2D eigenvalue weighted by molar-refractivity contribution is -0.145. The summed E-state index contributed by atoms with van der Waals surface area (Å²) in [7, 11) is 0. The van der Waals surface area contributed by atoms with Crippen molar-refractivity contribution >= 4 is 17.5 Å². The maximum absolute atomic E-state index is 12.9. The third-order valence-electron chi connectivity index (χ3n) is 6.41. The molecule has 5 rings (SSSR count). The van der Waals surface area contributed by atoms with E-state index in [9.17, 15) is 4.79 Å². The summed E-state index contributed by atoms with van der Waals surface area (Å²) in [6.07, 6.45) is 13.1. The van der Waals surface area contributed by atoms with E-state index in [0.29, 0.717) is 23.8 Å². The molecule has 0 aromatic heterocycles. The number of amides is 1. The maximum Gasteiger partial charge on any atom is 0.226 e. The highest BCUT2D eigenvalue weighted by Gasteiger charge is 2.60. The van der Waals surface area contributed by atoms with Gasteiger partial charge in [-0.2, -0.15) is 0 Å². The van der Waals surface area contributed by atoms with E-state index in [-0.39, 0.29) is 10.3 Å². The van der Waals surface area contributed by atoms with Crippen LogP contribution in [0.5, 0.6) is 0 Å². The van der Waals surface area contributed by atoms with E-state index in [1.807, 2.05) is 0 Å². The fourth-order valence-electron chi connectivity index (χ4n) is 6.00. The van der Waals surface area contributed by atoms with Crippen LogP contribution in [0.25, 0.3) is 0 Å². The molecule has 0 radical (unpaired) electrons. The van der Waals surface area contributed by atoms with Crippen LogP contribution in [-0.2, 0) is 4.79 Å². The summed E-state index contributed by atoms with van der Waals surface area (Å²) in [4.78, 5) is 12.9. The smallest absolute Gasteiger partial charge is 0.226 e. The zero-order valence-corrected chi connectivity index (χ0v) is 13.1. The summed E-state index contributed by atoms with van der Waals surface area (Å²) >= 11 is 6.83. The first-order valence-corrected chi connectivity index (χ1v) is 8.95. The molecule has 0 heterocycles. The molecule has 20 heavy (non-hydrogen) atoms. The van der Waals surface area contributed by atoms with Crippen LogP contribution in [0.3, 0.4) is 0 Å². The van der Waals surface area contributed by atoms with E-state index >= 15 is 0 Å². The lowest BCUT2D eigenvalue weighted by Crippen LogP contribution is -2.59. The molecule has 0 saturated heterocycles. The van der Waals surface area contributed by atoms with Crippen molar-refractivity contribution in [2.75, 3.05) is 0 Å². The van der Waals surface area contributed by atoms with Crippen LogP contribution >= 0.6 is 11.6 Å². The number of halogens is 1. The van der Waals surface area contributed by atoms with Gasteiger partial charge in [-0.1, -0.05) is 19.3 Å². The molecule has 3 heteroatoms. The minimum Gasteiger partial charge on any atom is -0.353 e. The van der Waals surface area contributed by atoms with Crippen molar-refractivity contribution in [3.8, 4) is 0 Å². The first-order valence-electron chi connectivity index (χ1n) is 8.57. The van der Waals surface area contributed by atoms with Gasteiger partial charge < -0.3 is 5.32 Å². The largest absolute Gasteiger partial charge is 0.353 e. The highest BCUT2D eigenvalue weighted by Crippen LogP contribution is 2.63. The van der Waals surface area contributed by atoms with Crippen LogP contribution in [0.4, 0.5) is 0 Å². The summed E-state index contributed by atoms with van der Waals surface area (Å²) in [6.45, 7) is 0. The van der Waals surface area contributed by atoms with Crippen molar-refractivity contribution in [2.24, 2.45) is 17.3 Å². The summed E-state index contributed by atoms with van der Waals surface area (Å²) in [5.74, 6) is 1.78. The van der Waals surface area contributed by atoms with Crippen molar-refractivity contribution in [3.05, 3.63) is 0 Å². The summed E-state index contributed by atoms with van der Waals surface area (Å²) in [5.41, 5.74) is -0.108. The van der Waals surface area contributed by atoms with Gasteiger partial charge in [0, 0.05) is 10.9 Å². The third kappa shape index (κ3) is 2.19. The van der Waals surface area contributed by atoms with Gasteiger partial charge in [0.05, 0.1) is 5.41 Å². The monoisotopic (exact) mass is 295 g/mol. The second kappa shape index (κ2) is 4.63. The van der Waals surface area contributed by atoms with Gasteiger partial charge in [0.2, 0.25) is 5.91 Å². The Morgan fingerprint density at radius 2 is 1.65 bits per heavy atom. The molecule has 5 fully saturated rings. The van der Waals surface area contributed by atoms with Gasteiger partial charge in [-0.3, -0.25) is 4.79 Å². The van der Waals surface area contributed by atoms with E-state index < -0.39 is 0 Å². The highest BCUT2D eigenvalue weighted by molar-refractivity contribution is 6.24. The van der Waals surface area contributed by atoms with Gasteiger partial charge >= 0.3 is 0 Å². The Morgan fingerprint density at radius 3 is 2.25 bits per heavy atom. The van der Waals surface area contributed by atoms with Gasteiger partial charge in [-0.15, -0.1) is 11.6 Å². The summed E-state index contributed by atoms with van der Waals surface area (Å²) < 4.78 is 0. The zero-order chi connectivity index (χ0) is 13.8. The number of rotatable bonds is 2. The molecule has 2 atom stereocenters. The molecule has 1 amide bonds. The number of hydrogen-bond donors (Lipinski definition) is 1. The molecular weight excluding hydrogens is 270 g/mol. The SMILES string of the molecule is O=C(NC1CCCCC1)C12C[C@H]3C[C@@H](CC(Cl)(C3)C1)C2. The van der Waals surface area contributed by atoms with Gasteiger partial charge in [0.1, 0.15) is 0 Å². The Labute approximate surface area is 127 Å². The quantitative estimate of drug-likeness (QED) is 0.766. The number of alkyl halides is 1. The Bertz CT molecular complexity index is 401. The van der Waals surface area contributed by atoms with E-state index in [1.165, 1.54) is 38.5 Å². The van der Waals surface area contributed by atoms with Crippen LogP contribution in [-0.4, -0.2) is 16.8 Å². The second-order valence-electron chi connectivity index (χ2n) is 8.20. The van der Waals surface area contributed by atoms with Crippen molar-refractivity contribution in [1.82, 2.24) is 5.32 Å². The molecule has 0 aromatic carbocycles. The standard InChI is InChI=1S/C17H26ClNO/c18-17-9-12-6-13(10-17)8-16(7-12,11-17)15(20)19-14-4-2-1-3-5-14/h12-14H,1-11H2,(H,19,20)/t12-,13-,16?,17?/m1/s1. The Balaban J connectivity index is 1.50. The molecule has 1 N–H and O–H groups in total. The molecule has 4 bridgehead atoms. The third-order valence-corrected chi connectivity index (χ3v) is 6.85. The number of carbonyl (C=O) groups excluding carboxylic acids is 1. The Morgan fingerprint density at radius 1 is 1.00 bits per heavy atom. The fourth-order valence-corrected chi connectivity index (χ4v) is 6.69. The molecular formula is C17H26ClNO. The van der Waals surface area contributed by atoms with E-state index in [2.05, 4.69) is 5.32 Å². The predicted molar refractivity (Wildman–Crippen MR) is 80.7 cm³/mol. The number of nitrogens with one attached hydrogen (secondary N) is 1. The molecule has 112 valence electrons. The zero-order valence-electron chi connectivity index (χ0n) is 12.3. The molecule has 0 unspecified atom stereocenters. The Hall–Kier alpha value is -0.240. The number of hydrogen-bond acceptors (Lipinski definition) is 1. The maximum atomic E-state index is 12.9. The molecule has 5 aliphatic rings. The number of carbonyl (C=O) groups is 1. The molecule has 0 aliphatic heterocycles. The molecule has 5 saturated carbocycles. The fraction of sp³-hybridized carbons (Fsp3) is 0.941. The lowest BCUT2D eigenvalue weighted by Gasteiger charge is -2.59. The van der Waals surface area contributed by atoms with Crippen LogP contribution in [0.15, 0.2) is 0 Å². The van der Waals surface area contributed by atoms with Crippen molar-refractivity contribution in [1.29, 1.82) is 0 Å². The van der Waals surface area contributed by atoms with Crippen LogP contribution in [0, 0.1) is 17.3 Å². The molecule has 2 nitrogen and oxygen atoms in total. The van der Waals surface area contributed by atoms with Gasteiger partial charge in [-0.25, -0.2) is 0 Å². The van der Waals surface area contributed by atoms with Gasteiger partial charge in [-0.05, 0) is 63.2 Å². The minimum atomic E-state index is -0.108. The van der Waals surface area contributed by atoms with Crippen LogP contribution < -0.4 is 5.32 Å². The summed E-state index contributed by atoms with van der Waals surface area (Å²) in [6, 6.07) is 0.440. The minimum absolute atomic E-state index is 0.0476. The highest BCUT2D eigenvalue weighted by atomic mass is 35.5.